The van der Waals surface area contributed by atoms with Gasteiger partial charge in [-0.15, -0.1) is 0 Å². The molecule has 2 aromatic heterocycles. The van der Waals surface area contributed by atoms with Gasteiger partial charge in [0.05, 0.1) is 34.3 Å². The van der Waals surface area contributed by atoms with Gasteiger partial charge in [-0.3, -0.25) is 34.4 Å². The summed E-state index contributed by atoms with van der Waals surface area (Å²) in [5.41, 5.74) is 1.98. The largest absolute Gasteiger partial charge is 0.463 e. The second-order valence-electron chi connectivity index (χ2n) is 15.9. The Morgan fingerprint density at radius 1 is 0.915 bits per heavy atom. The van der Waals surface area contributed by atoms with E-state index in [9.17, 15) is 32.7 Å². The minimum atomic E-state index is -4.75. The molecular formula is C43H38Cl2F3N5O6. The summed E-state index contributed by atoms with van der Waals surface area (Å²) in [5.74, 6) is -6.34. The van der Waals surface area contributed by atoms with Crippen LogP contribution in [0.2, 0.25) is 10.0 Å². The average molecular weight is 849 g/mol. The Kier molecular flexibility index (Phi) is 9.97. The van der Waals surface area contributed by atoms with Gasteiger partial charge in [0.15, 0.2) is 5.82 Å². The third kappa shape index (κ3) is 6.46. The molecule has 3 aliphatic heterocycles. The third-order valence-corrected chi connectivity index (χ3v) is 13.4. The quantitative estimate of drug-likeness (QED) is 0.140. The Balaban J connectivity index is 1.10. The molecule has 6 atom stereocenters. The number of piperidine rings is 1. The fraction of sp³-hybridized carbons (Fsp3) is 0.372. The number of nitrogens with zero attached hydrogens (tertiary/aromatic N) is 4. The van der Waals surface area contributed by atoms with E-state index in [0.717, 1.165) is 11.6 Å². The summed E-state index contributed by atoms with van der Waals surface area (Å²) in [4.78, 5) is 66.8. The molecule has 3 saturated heterocycles. The molecular weight excluding hydrogens is 810 g/mol. The first-order chi connectivity index (χ1) is 28.3. The highest BCUT2D eigenvalue weighted by Gasteiger charge is 2.71. The highest BCUT2D eigenvalue weighted by Crippen LogP contribution is 2.64. The van der Waals surface area contributed by atoms with Crippen molar-refractivity contribution in [1.82, 2.24) is 19.8 Å². The van der Waals surface area contributed by atoms with Gasteiger partial charge in [0.1, 0.15) is 23.5 Å². The Morgan fingerprint density at radius 2 is 1.64 bits per heavy atom. The van der Waals surface area contributed by atoms with Crippen LogP contribution in [-0.4, -0.2) is 67.7 Å². The first-order valence-electron chi connectivity index (χ1n) is 19.5. The van der Waals surface area contributed by atoms with Gasteiger partial charge < -0.3 is 9.52 Å². The zero-order valence-corrected chi connectivity index (χ0v) is 32.9. The molecule has 5 aliphatic rings. The lowest BCUT2D eigenvalue weighted by atomic mass is 9.50. The molecule has 306 valence electrons. The third-order valence-electron chi connectivity index (χ3n) is 12.9. The summed E-state index contributed by atoms with van der Waals surface area (Å²) in [6.45, 7) is 1.71. The van der Waals surface area contributed by atoms with Crippen molar-refractivity contribution < 1.29 is 41.9 Å². The number of rotatable bonds is 8. The SMILES string of the molecule is O=C1[C@@H]2C[C@@H]3C(=CC[C@@H]4C(=O)N(C5CCN(Cc6ccccc6)CC5)C(=O)[C@@H]43)[C@H](c3ccc(CO)o3)[C@]2(c2ccc(Cl)cc2)C(=O)N1Nc1ncc(C(F)(F)F)cc1Cl. The molecule has 0 spiro atoms. The van der Waals surface area contributed by atoms with Crippen molar-refractivity contribution in [2.45, 2.75) is 62.4 Å². The molecule has 1 saturated carbocycles. The smallest absolute Gasteiger partial charge is 0.417 e. The number of alkyl halides is 3. The maximum absolute atomic E-state index is 15.3. The summed E-state index contributed by atoms with van der Waals surface area (Å²) in [5, 5.41) is 10.7. The number of halogens is 5. The molecule has 2 aliphatic carbocycles. The van der Waals surface area contributed by atoms with E-state index in [1.165, 1.54) is 10.5 Å². The maximum atomic E-state index is 15.3. The van der Waals surface area contributed by atoms with Crippen molar-refractivity contribution >= 4 is 52.6 Å². The van der Waals surface area contributed by atoms with Gasteiger partial charge in [-0.25, -0.2) is 4.98 Å². The minimum absolute atomic E-state index is 0.0149. The second kappa shape index (κ2) is 14.9. The lowest BCUT2D eigenvalue weighted by Gasteiger charge is -2.49. The van der Waals surface area contributed by atoms with Crippen molar-refractivity contribution in [1.29, 1.82) is 0 Å². The molecule has 2 N–H and O–H groups in total. The molecule has 4 aromatic rings. The van der Waals surface area contributed by atoms with E-state index in [1.54, 1.807) is 36.4 Å². The van der Waals surface area contributed by atoms with Crippen LogP contribution in [-0.2, 0) is 43.9 Å². The van der Waals surface area contributed by atoms with E-state index in [1.807, 2.05) is 24.3 Å². The number of carbonyl (C=O) groups excluding carboxylic acids is 4. The number of furan rings is 1. The Bertz CT molecular complexity index is 2370. The highest BCUT2D eigenvalue weighted by atomic mass is 35.5. The first-order valence-corrected chi connectivity index (χ1v) is 20.2. The van der Waals surface area contributed by atoms with Gasteiger partial charge in [-0.2, -0.15) is 18.2 Å². The number of nitrogens with one attached hydrogen (secondary N) is 1. The van der Waals surface area contributed by atoms with Gasteiger partial charge in [0.2, 0.25) is 11.8 Å². The maximum Gasteiger partial charge on any atom is 0.417 e. The van der Waals surface area contributed by atoms with Crippen LogP contribution < -0.4 is 5.43 Å². The lowest BCUT2D eigenvalue weighted by Crippen LogP contribution is -2.53. The van der Waals surface area contributed by atoms with Crippen LogP contribution in [0.3, 0.4) is 0 Å². The average Bonchev–Trinajstić information content (AvgIpc) is 3.86. The Hall–Kier alpha value is -5.02. The number of aromatic nitrogens is 1. The number of allylic oxidation sites excluding steroid dienone is 2. The summed E-state index contributed by atoms with van der Waals surface area (Å²) in [7, 11) is 0. The molecule has 0 unspecified atom stereocenters. The molecule has 4 fully saturated rings. The van der Waals surface area contributed by atoms with Gasteiger partial charge in [0, 0.05) is 36.9 Å². The molecule has 4 amide bonds. The molecule has 59 heavy (non-hydrogen) atoms. The van der Waals surface area contributed by atoms with Gasteiger partial charge in [0.25, 0.3) is 11.8 Å². The van der Waals surface area contributed by atoms with Crippen molar-refractivity contribution in [3.8, 4) is 0 Å². The first kappa shape index (κ1) is 39.4. The molecule has 0 radical (unpaired) electrons. The fourth-order valence-electron chi connectivity index (χ4n) is 10.3. The number of anilines is 1. The zero-order chi connectivity index (χ0) is 41.4. The summed E-state index contributed by atoms with van der Waals surface area (Å²) in [6.07, 6.45) is -0.880. The predicted octanol–water partition coefficient (Wildman–Crippen LogP) is 7.14. The van der Waals surface area contributed by atoms with Gasteiger partial charge in [-0.05, 0) is 73.1 Å². The second-order valence-corrected chi connectivity index (χ2v) is 16.8. The van der Waals surface area contributed by atoms with Crippen molar-refractivity contribution in [3.63, 3.8) is 0 Å². The molecule has 11 nitrogen and oxygen atoms in total. The number of likely N-dealkylation sites (tertiary alicyclic amines) is 2. The summed E-state index contributed by atoms with van der Waals surface area (Å²) >= 11 is 12.6. The number of aliphatic hydroxyl groups excluding tert-OH is 1. The summed E-state index contributed by atoms with van der Waals surface area (Å²) in [6, 6.07) is 20.1. The van der Waals surface area contributed by atoms with E-state index in [2.05, 4.69) is 27.4 Å². The normalized spacial score (nSPS) is 27.5. The Labute approximate surface area is 346 Å². The number of hydrazine groups is 1. The van der Waals surface area contributed by atoms with Crippen LogP contribution in [0.15, 0.2) is 95.1 Å². The number of fused-ring (bicyclic) bond motifs is 4. The number of hydrogen-bond acceptors (Lipinski definition) is 9. The number of carbonyl (C=O) groups is 4. The van der Waals surface area contributed by atoms with Crippen molar-refractivity contribution in [2.24, 2.45) is 23.7 Å². The van der Waals surface area contributed by atoms with Gasteiger partial charge >= 0.3 is 6.18 Å². The lowest BCUT2D eigenvalue weighted by molar-refractivity contribution is -0.144. The van der Waals surface area contributed by atoms with Crippen LogP contribution in [0.25, 0.3) is 0 Å². The highest BCUT2D eigenvalue weighted by molar-refractivity contribution is 6.33. The van der Waals surface area contributed by atoms with E-state index < -0.39 is 70.2 Å². The number of amides is 4. The van der Waals surface area contributed by atoms with Crippen molar-refractivity contribution in [2.75, 3.05) is 18.5 Å². The standard InChI is InChI=1S/C43H38Cl2F3N5O6/c44-26-8-6-24(7-9-26)42-32(39(56)53(41(42)58)50-37-33(45)18-25(20-49-37)43(46,47)48)19-31-29(36(42)34-13-10-28(22-54)59-34)11-12-30-35(31)40(57)52(38(30)55)27-14-16-51(17-15-27)21-23-4-2-1-3-5-23/h1-11,13,18,20,27,30-32,35-36,54H,12,14-17,19,21-22H2,(H,49,50)/t30-,31+,32-,35-,36+,42+/m0/s1. The van der Waals surface area contributed by atoms with E-state index in [0.29, 0.717) is 54.4 Å². The Morgan fingerprint density at radius 3 is 2.31 bits per heavy atom. The van der Waals surface area contributed by atoms with Crippen LogP contribution in [0.5, 0.6) is 0 Å². The molecule has 9 rings (SSSR count). The molecule has 16 heteroatoms. The van der Waals surface area contributed by atoms with Crippen LogP contribution in [0.1, 0.15) is 59.8 Å². The number of aliphatic hydroxyl groups is 1. The number of imide groups is 2. The zero-order valence-electron chi connectivity index (χ0n) is 31.4. The summed E-state index contributed by atoms with van der Waals surface area (Å²) < 4.78 is 46.7. The minimum Gasteiger partial charge on any atom is -0.463 e. The van der Waals surface area contributed by atoms with Gasteiger partial charge in [-0.1, -0.05) is 77.3 Å². The topological polar surface area (TPSA) is 136 Å². The molecule has 0 bridgehead atoms. The van der Waals surface area contributed by atoms with E-state index in [4.69, 9.17) is 27.6 Å². The number of benzene rings is 2. The number of hydrogen-bond donors (Lipinski definition) is 2. The van der Waals surface area contributed by atoms with E-state index >= 15 is 4.79 Å². The van der Waals surface area contributed by atoms with Crippen LogP contribution in [0, 0.1) is 23.7 Å². The monoisotopic (exact) mass is 847 g/mol. The predicted molar refractivity (Wildman–Crippen MR) is 208 cm³/mol. The van der Waals surface area contributed by atoms with Crippen LogP contribution >= 0.6 is 23.2 Å². The molecule has 2 aromatic carbocycles. The van der Waals surface area contributed by atoms with Crippen LogP contribution in [0.4, 0.5) is 19.0 Å². The van der Waals surface area contributed by atoms with E-state index in [-0.39, 0.29) is 48.0 Å². The number of pyridine rings is 1. The fourth-order valence-corrected chi connectivity index (χ4v) is 10.6. The van der Waals surface area contributed by atoms with Crippen molar-refractivity contribution in [3.05, 3.63) is 129 Å². The molecule has 5 heterocycles.